The summed E-state index contributed by atoms with van der Waals surface area (Å²) in [5.74, 6) is -1.17. The largest absolute Gasteiger partial charge is 0.472 e. The van der Waals surface area contributed by atoms with Crippen LogP contribution in [-0.2, 0) is 32.7 Å². The molecule has 0 aromatic carbocycles. The van der Waals surface area contributed by atoms with E-state index in [0.29, 0.717) is 12.8 Å². The van der Waals surface area contributed by atoms with Gasteiger partial charge in [-0.1, -0.05) is 70.9 Å². The Morgan fingerprint density at radius 2 is 1.20 bits per heavy atom. The van der Waals surface area contributed by atoms with Gasteiger partial charge in [0.25, 0.3) is 0 Å². The molecule has 44 heavy (non-hydrogen) atoms. The van der Waals surface area contributed by atoms with Crippen molar-refractivity contribution in [2.75, 3.05) is 13.2 Å². The molecule has 13 nitrogen and oxygen atoms in total. The third-order valence-corrected chi connectivity index (χ3v) is 8.31. The molecule has 0 aromatic heterocycles. The zero-order chi connectivity index (χ0) is 33.0. The number of hydrogen-bond acceptors (Lipinski definition) is 12. The Morgan fingerprint density at radius 3 is 1.77 bits per heavy atom. The molecular weight excluding hydrogens is 599 g/mol. The van der Waals surface area contributed by atoms with E-state index in [2.05, 4.69) is 19.1 Å². The molecule has 6 atom stereocenters. The summed E-state index contributed by atoms with van der Waals surface area (Å²) in [6.45, 7) is 2.80. The number of carbonyl (C=O) groups excluding carboxylic acids is 2. The Kier molecular flexibility index (Phi) is 21.2. The van der Waals surface area contributed by atoms with Gasteiger partial charge >= 0.3 is 19.8 Å². The molecule has 0 aromatic rings. The average Bonchev–Trinajstić information content (AvgIpc) is 2.99. The van der Waals surface area contributed by atoms with Gasteiger partial charge in [-0.2, -0.15) is 0 Å². The second-order valence-corrected chi connectivity index (χ2v) is 12.7. The van der Waals surface area contributed by atoms with Gasteiger partial charge in [0.05, 0.1) is 6.61 Å². The maximum atomic E-state index is 12.5. The molecule has 0 saturated heterocycles. The maximum Gasteiger partial charge on any atom is 0.472 e. The average molecular weight is 655 g/mol. The minimum Gasteiger partial charge on any atom is -0.462 e. The van der Waals surface area contributed by atoms with E-state index in [9.17, 15) is 44.6 Å². The van der Waals surface area contributed by atoms with Crippen LogP contribution in [0.25, 0.3) is 0 Å². The van der Waals surface area contributed by atoms with E-state index < -0.39 is 75.7 Å². The molecule has 1 aliphatic rings. The number of rotatable bonds is 24. The number of aliphatic hydroxyl groups is 5. The van der Waals surface area contributed by atoms with Gasteiger partial charge in [0.15, 0.2) is 6.10 Å². The van der Waals surface area contributed by atoms with E-state index in [1.807, 2.05) is 0 Å². The third-order valence-electron chi connectivity index (χ3n) is 7.33. The number of carbonyl (C=O) groups is 2. The van der Waals surface area contributed by atoms with Gasteiger partial charge < -0.3 is 39.9 Å². The predicted octanol–water partition coefficient (Wildman–Crippen LogP) is 3.21. The van der Waals surface area contributed by atoms with E-state index in [-0.39, 0.29) is 12.8 Å². The van der Waals surface area contributed by atoms with Gasteiger partial charge in [-0.15, -0.1) is 0 Å². The van der Waals surface area contributed by atoms with E-state index in [0.717, 1.165) is 38.5 Å². The minimum atomic E-state index is -5.08. The zero-order valence-electron chi connectivity index (χ0n) is 26.2. The van der Waals surface area contributed by atoms with Crippen LogP contribution < -0.4 is 0 Å². The molecule has 0 amide bonds. The van der Waals surface area contributed by atoms with E-state index in [1.165, 1.54) is 32.1 Å². The number of hydrogen-bond donors (Lipinski definition) is 6. The lowest BCUT2D eigenvalue weighted by molar-refractivity contribution is -0.220. The van der Waals surface area contributed by atoms with Gasteiger partial charge in [-0.25, -0.2) is 4.57 Å². The molecule has 0 heterocycles. The Bertz CT molecular complexity index is 854. The van der Waals surface area contributed by atoms with Gasteiger partial charge in [0, 0.05) is 12.8 Å². The molecule has 6 unspecified atom stereocenters. The lowest BCUT2D eigenvalue weighted by Gasteiger charge is -2.41. The molecular formula is C30H55O13P. The number of unbranched alkanes of at least 4 members (excludes halogenated alkanes) is 10. The van der Waals surface area contributed by atoms with Crippen molar-refractivity contribution < 1.29 is 63.1 Å². The fourth-order valence-corrected chi connectivity index (χ4v) is 5.64. The Labute approximate surface area is 261 Å². The molecule has 1 rings (SSSR count). The van der Waals surface area contributed by atoms with Crippen LogP contribution >= 0.6 is 7.82 Å². The fourth-order valence-electron chi connectivity index (χ4n) is 4.67. The molecule has 14 heteroatoms. The quantitative estimate of drug-likeness (QED) is 0.0383. The van der Waals surface area contributed by atoms with E-state index >= 15 is 0 Å². The summed E-state index contributed by atoms with van der Waals surface area (Å²) >= 11 is 0. The SMILES string of the molecule is CCCCCCC/C=C\CCCCCCCC(=O)OC(COC(=O)CCC)COP(=O)(O)OC1C(O)C(O)C(O)C(O)C1O. The molecule has 6 N–H and O–H groups in total. The van der Waals surface area contributed by atoms with Crippen LogP contribution in [0.1, 0.15) is 110 Å². The summed E-state index contributed by atoms with van der Waals surface area (Å²) in [4.78, 5) is 34.4. The number of phosphoric acid groups is 1. The first kappa shape index (κ1) is 40.6. The van der Waals surface area contributed by atoms with Crippen molar-refractivity contribution in [3.63, 3.8) is 0 Å². The lowest BCUT2D eigenvalue weighted by atomic mass is 9.85. The van der Waals surface area contributed by atoms with Crippen LogP contribution in [0.2, 0.25) is 0 Å². The van der Waals surface area contributed by atoms with Gasteiger partial charge in [0.2, 0.25) is 0 Å². The number of aliphatic hydroxyl groups excluding tert-OH is 5. The highest BCUT2D eigenvalue weighted by atomic mass is 31.2. The molecule has 1 aliphatic carbocycles. The Hall–Kier alpha value is -1.41. The Morgan fingerprint density at radius 1 is 0.682 bits per heavy atom. The summed E-state index contributed by atoms with van der Waals surface area (Å²) < 4.78 is 32.6. The van der Waals surface area contributed by atoms with Crippen LogP contribution in [-0.4, -0.2) is 98.3 Å². The maximum absolute atomic E-state index is 12.5. The molecule has 1 saturated carbocycles. The number of allylic oxidation sites excluding steroid dienone is 2. The highest BCUT2D eigenvalue weighted by Gasteiger charge is 2.51. The van der Waals surface area contributed by atoms with Crippen LogP contribution in [0.3, 0.4) is 0 Å². The van der Waals surface area contributed by atoms with Crippen LogP contribution in [0, 0.1) is 0 Å². The topological polar surface area (TPSA) is 210 Å². The molecule has 0 spiro atoms. The second-order valence-electron chi connectivity index (χ2n) is 11.3. The summed E-state index contributed by atoms with van der Waals surface area (Å²) in [5, 5.41) is 49.4. The standard InChI is InChI=1S/C30H55O13P/c1-3-5-6-7-8-9-10-11-12-13-14-15-16-17-19-24(32)42-22(20-40-23(31)18-4-2)21-41-44(38,39)43-30-28(36)26(34)25(33)27(35)29(30)37/h10-11,22,25-30,33-37H,3-9,12-21H2,1-2H3,(H,38,39)/b11-10-. The molecule has 1 fully saturated rings. The van der Waals surface area contributed by atoms with E-state index in [1.54, 1.807) is 6.92 Å². The molecule has 0 bridgehead atoms. The van der Waals surface area contributed by atoms with Crippen molar-refractivity contribution in [1.82, 2.24) is 0 Å². The van der Waals surface area contributed by atoms with Crippen LogP contribution in [0.5, 0.6) is 0 Å². The molecule has 0 aliphatic heterocycles. The predicted molar refractivity (Wildman–Crippen MR) is 161 cm³/mol. The first-order valence-corrected chi connectivity index (χ1v) is 17.5. The van der Waals surface area contributed by atoms with Gasteiger partial charge in [0.1, 0.15) is 43.2 Å². The minimum absolute atomic E-state index is 0.0865. The molecule has 258 valence electrons. The normalized spacial score (nSPS) is 25.9. The monoisotopic (exact) mass is 654 g/mol. The first-order valence-electron chi connectivity index (χ1n) is 16.0. The fraction of sp³-hybridized carbons (Fsp3) is 0.867. The van der Waals surface area contributed by atoms with Crippen molar-refractivity contribution in [3.05, 3.63) is 12.2 Å². The van der Waals surface area contributed by atoms with Crippen LogP contribution in [0.4, 0.5) is 0 Å². The molecule has 0 radical (unpaired) electrons. The number of esters is 2. The Balaban J connectivity index is 2.46. The van der Waals surface area contributed by atoms with E-state index in [4.69, 9.17) is 18.5 Å². The first-order chi connectivity index (χ1) is 20.9. The van der Waals surface area contributed by atoms with Crippen molar-refractivity contribution in [2.45, 2.75) is 153 Å². The van der Waals surface area contributed by atoms with Gasteiger partial charge in [-0.3, -0.25) is 18.6 Å². The summed E-state index contributed by atoms with van der Waals surface area (Å²) in [6.07, 6.45) is 5.08. The number of phosphoric ester groups is 1. The highest BCUT2D eigenvalue weighted by molar-refractivity contribution is 7.47. The summed E-state index contributed by atoms with van der Waals surface area (Å²) in [5.41, 5.74) is 0. The van der Waals surface area contributed by atoms with Gasteiger partial charge in [-0.05, 0) is 38.5 Å². The van der Waals surface area contributed by atoms with Crippen molar-refractivity contribution in [3.8, 4) is 0 Å². The summed E-state index contributed by atoms with van der Waals surface area (Å²) in [6, 6.07) is 0. The zero-order valence-corrected chi connectivity index (χ0v) is 27.1. The van der Waals surface area contributed by atoms with Crippen molar-refractivity contribution >= 4 is 19.8 Å². The second kappa shape index (κ2) is 23.0. The third kappa shape index (κ3) is 16.8. The smallest absolute Gasteiger partial charge is 0.462 e. The van der Waals surface area contributed by atoms with Crippen molar-refractivity contribution in [1.29, 1.82) is 0 Å². The summed E-state index contributed by atoms with van der Waals surface area (Å²) in [7, 11) is -5.08. The van der Waals surface area contributed by atoms with Crippen LogP contribution in [0.15, 0.2) is 12.2 Å². The van der Waals surface area contributed by atoms with Crippen molar-refractivity contribution in [2.24, 2.45) is 0 Å². The lowest BCUT2D eigenvalue weighted by Crippen LogP contribution is -2.64. The highest BCUT2D eigenvalue weighted by Crippen LogP contribution is 2.47. The number of ether oxygens (including phenoxy) is 2.